The zero-order valence-corrected chi connectivity index (χ0v) is 5.86. The summed E-state index contributed by atoms with van der Waals surface area (Å²) < 4.78 is 4.52. The van der Waals surface area contributed by atoms with Crippen molar-refractivity contribution in [1.29, 1.82) is 0 Å². The van der Waals surface area contributed by atoms with Crippen molar-refractivity contribution >= 4 is 6.47 Å². The normalized spacial score (nSPS) is 12.6. The smallest absolute Gasteiger partial charge is 0.293 e. The van der Waals surface area contributed by atoms with Gasteiger partial charge in [0.2, 0.25) is 0 Å². The van der Waals surface area contributed by atoms with Crippen LogP contribution in [0.1, 0.15) is 6.92 Å². The van der Waals surface area contributed by atoms with E-state index in [0.717, 1.165) is 0 Å². The van der Waals surface area contributed by atoms with Crippen LogP contribution in [0.5, 0.6) is 0 Å². The molecule has 0 aromatic carbocycles. The highest BCUT2D eigenvalue weighted by molar-refractivity contribution is 5.37. The fraction of sp³-hybridized carbons (Fsp3) is 0.429. The molecule has 0 rings (SSSR count). The topological polar surface area (TPSA) is 46.5 Å². The lowest BCUT2D eigenvalue weighted by Gasteiger charge is -2.06. The van der Waals surface area contributed by atoms with Gasteiger partial charge in [0, 0.05) is 13.0 Å². The molecule has 57 valence electrons. The molecule has 0 aromatic rings. The fourth-order valence-corrected chi connectivity index (χ4v) is 0.429. The molecule has 3 nitrogen and oxygen atoms in total. The van der Waals surface area contributed by atoms with Crippen molar-refractivity contribution in [2.45, 2.75) is 13.0 Å². The van der Waals surface area contributed by atoms with Gasteiger partial charge in [-0.15, -0.1) is 0 Å². The van der Waals surface area contributed by atoms with Crippen LogP contribution in [0.4, 0.5) is 0 Å². The van der Waals surface area contributed by atoms with E-state index in [0.29, 0.717) is 6.47 Å². The maximum absolute atomic E-state index is 9.73. The van der Waals surface area contributed by atoms with E-state index >= 15 is 0 Å². The predicted octanol–water partition coefficient (Wildman–Crippen LogP) is 0.153. The zero-order valence-electron chi connectivity index (χ0n) is 5.86. The molecule has 1 N–H and O–H groups in total. The molecule has 3 radical (unpaired) electrons. The molecule has 1 atom stereocenters. The molecule has 0 aliphatic heterocycles. The van der Waals surface area contributed by atoms with E-state index in [1.54, 1.807) is 26.2 Å². The highest BCUT2D eigenvalue weighted by Crippen LogP contribution is 1.98. The molecule has 0 aliphatic carbocycles. The Bertz CT molecular complexity index is 82.9. The van der Waals surface area contributed by atoms with Gasteiger partial charge in [-0.3, -0.25) is 4.79 Å². The third kappa shape index (κ3) is 5.56. The second-order valence-electron chi connectivity index (χ2n) is 1.74. The van der Waals surface area contributed by atoms with Crippen molar-refractivity contribution in [3.05, 3.63) is 19.3 Å². The van der Waals surface area contributed by atoms with Crippen LogP contribution in [0.25, 0.3) is 0 Å². The van der Waals surface area contributed by atoms with Gasteiger partial charge in [-0.2, -0.15) is 0 Å². The van der Waals surface area contributed by atoms with Gasteiger partial charge in [-0.25, -0.2) is 0 Å². The molecule has 0 spiro atoms. The Morgan fingerprint density at radius 2 is 2.40 bits per heavy atom. The molecule has 0 aliphatic rings. The van der Waals surface area contributed by atoms with Gasteiger partial charge in [0.05, 0.1) is 0 Å². The number of hydrogen-bond acceptors (Lipinski definition) is 3. The molecular weight excluding hydrogens is 132 g/mol. The summed E-state index contributed by atoms with van der Waals surface area (Å²) in [6.45, 7) is 2.13. The number of carbonyl (C=O) groups excluding carboxylic acids is 1. The lowest BCUT2D eigenvalue weighted by atomic mass is 10.2. The van der Waals surface area contributed by atoms with Gasteiger partial charge in [0.15, 0.2) is 0 Å². The van der Waals surface area contributed by atoms with Gasteiger partial charge < -0.3 is 9.84 Å². The first-order valence-corrected chi connectivity index (χ1v) is 3.01. The minimum Gasteiger partial charge on any atom is -0.465 e. The fourth-order valence-electron chi connectivity index (χ4n) is 0.429. The van der Waals surface area contributed by atoms with Crippen molar-refractivity contribution in [2.75, 3.05) is 6.61 Å². The molecule has 0 unspecified atom stereocenters. The summed E-state index contributed by atoms with van der Waals surface area (Å²) in [6, 6.07) is 0. The minimum absolute atomic E-state index is 0.00428. The predicted molar refractivity (Wildman–Crippen MR) is 36.6 cm³/mol. The van der Waals surface area contributed by atoms with Crippen LogP contribution in [0.3, 0.4) is 0 Å². The molecule has 0 amide bonds. The Morgan fingerprint density at radius 1 is 1.70 bits per heavy atom. The van der Waals surface area contributed by atoms with Gasteiger partial charge in [-0.05, 0) is 19.8 Å². The molecule has 0 heterocycles. The Kier molecular flexibility index (Phi) is 6.18. The van der Waals surface area contributed by atoms with E-state index in [2.05, 4.69) is 4.74 Å². The first-order chi connectivity index (χ1) is 4.81. The highest BCUT2D eigenvalue weighted by atomic mass is 16.5. The Labute approximate surface area is 61.0 Å². The summed E-state index contributed by atoms with van der Waals surface area (Å²) in [5.41, 5.74) is 0. The molecule has 3 heteroatoms. The van der Waals surface area contributed by atoms with Crippen LogP contribution in [0, 0.1) is 19.3 Å². The summed E-state index contributed by atoms with van der Waals surface area (Å²) >= 11 is 0. The minimum atomic E-state index is -0.222. The summed E-state index contributed by atoms with van der Waals surface area (Å²) in [5.74, 6) is 0. The van der Waals surface area contributed by atoms with E-state index in [9.17, 15) is 4.79 Å². The van der Waals surface area contributed by atoms with Crippen molar-refractivity contribution in [3.8, 4) is 0 Å². The van der Waals surface area contributed by atoms with Crippen LogP contribution in [-0.2, 0) is 9.53 Å². The van der Waals surface area contributed by atoms with Gasteiger partial charge in [0.1, 0.15) is 6.10 Å². The van der Waals surface area contributed by atoms with Gasteiger partial charge in [-0.1, -0.05) is 0 Å². The molecular formula is C7H11O3. The summed E-state index contributed by atoms with van der Waals surface area (Å²) in [4.78, 5) is 9.73. The van der Waals surface area contributed by atoms with Crippen LogP contribution >= 0.6 is 0 Å². The average Bonchev–Trinajstić information content (AvgIpc) is 1.89. The van der Waals surface area contributed by atoms with E-state index in [4.69, 9.17) is 5.11 Å². The van der Waals surface area contributed by atoms with Gasteiger partial charge >= 0.3 is 0 Å². The van der Waals surface area contributed by atoms with Crippen LogP contribution in [-0.4, -0.2) is 24.3 Å². The van der Waals surface area contributed by atoms with Crippen molar-refractivity contribution < 1.29 is 14.6 Å². The van der Waals surface area contributed by atoms with Crippen molar-refractivity contribution in [2.24, 2.45) is 0 Å². The third-order valence-corrected chi connectivity index (χ3v) is 0.894. The Hall–Kier alpha value is -0.570. The Balaban J connectivity index is 3.04. The molecule has 0 aromatic heterocycles. The van der Waals surface area contributed by atoms with Crippen LogP contribution in [0.2, 0.25) is 0 Å². The molecule has 0 bridgehead atoms. The molecule has 10 heavy (non-hydrogen) atoms. The number of hydrogen-bond donors (Lipinski definition) is 1. The molecule has 0 saturated heterocycles. The lowest BCUT2D eigenvalue weighted by Crippen LogP contribution is -2.07. The second-order valence-corrected chi connectivity index (χ2v) is 1.74. The highest BCUT2D eigenvalue weighted by Gasteiger charge is 2.00. The third-order valence-electron chi connectivity index (χ3n) is 0.894. The Morgan fingerprint density at radius 3 is 2.90 bits per heavy atom. The van der Waals surface area contributed by atoms with Crippen molar-refractivity contribution in [3.63, 3.8) is 0 Å². The van der Waals surface area contributed by atoms with Crippen LogP contribution in [0.15, 0.2) is 0 Å². The monoisotopic (exact) mass is 143 g/mol. The van der Waals surface area contributed by atoms with E-state index in [1.165, 1.54) is 0 Å². The number of ether oxygens (including phenoxy) is 1. The second kappa shape index (κ2) is 6.55. The number of unbranched alkanes of at least 4 members (excludes halogenated alkanes) is 1. The first-order valence-electron chi connectivity index (χ1n) is 3.01. The van der Waals surface area contributed by atoms with E-state index < -0.39 is 0 Å². The number of aliphatic hydroxyl groups is 1. The van der Waals surface area contributed by atoms with E-state index in [-0.39, 0.29) is 12.7 Å². The maximum Gasteiger partial charge on any atom is 0.293 e. The largest absolute Gasteiger partial charge is 0.465 e. The SMILES string of the molecule is C[C@H]([CH][CH][CH]CO)OC=O. The maximum atomic E-state index is 9.73. The number of rotatable bonds is 6. The summed E-state index contributed by atoms with van der Waals surface area (Å²) in [6.07, 6.45) is 4.66. The standard InChI is InChI=1S/C7H11O3/c1-7(10-6-9)4-2-3-5-8/h2-4,6-8H,5H2,1H3/t7-/m1/s1. The quantitative estimate of drug-likeness (QED) is 0.425. The molecule has 0 saturated carbocycles. The lowest BCUT2D eigenvalue weighted by molar-refractivity contribution is -0.131. The van der Waals surface area contributed by atoms with Crippen molar-refractivity contribution in [1.82, 2.24) is 0 Å². The number of carbonyl (C=O) groups is 1. The first kappa shape index (κ1) is 9.43. The van der Waals surface area contributed by atoms with E-state index in [1.807, 2.05) is 0 Å². The van der Waals surface area contributed by atoms with Crippen LogP contribution < -0.4 is 0 Å². The molecule has 0 fully saturated rings. The summed E-state index contributed by atoms with van der Waals surface area (Å²) in [5, 5.41) is 8.29. The zero-order chi connectivity index (χ0) is 7.82. The van der Waals surface area contributed by atoms with Gasteiger partial charge in [0.25, 0.3) is 6.47 Å². The summed E-state index contributed by atoms with van der Waals surface area (Å²) in [7, 11) is 0. The average molecular weight is 143 g/mol. The number of aliphatic hydroxyl groups excluding tert-OH is 1.